The lowest BCUT2D eigenvalue weighted by Gasteiger charge is -2.30. The Morgan fingerprint density at radius 1 is 1.15 bits per heavy atom. The van der Waals surface area contributed by atoms with E-state index in [1.54, 1.807) is 24.3 Å². The second kappa shape index (κ2) is 6.59. The molecule has 0 radical (unpaired) electrons. The Kier molecular flexibility index (Phi) is 4.40. The molecule has 7 heteroatoms. The van der Waals surface area contributed by atoms with Gasteiger partial charge in [-0.05, 0) is 61.6 Å². The first-order valence-electron chi connectivity index (χ1n) is 8.67. The van der Waals surface area contributed by atoms with E-state index >= 15 is 0 Å². The Morgan fingerprint density at radius 3 is 2.65 bits per heavy atom. The van der Waals surface area contributed by atoms with Crippen molar-refractivity contribution in [1.82, 2.24) is 0 Å². The third-order valence-corrected chi connectivity index (χ3v) is 6.65. The number of hydrogen-bond donors (Lipinski definition) is 1. The van der Waals surface area contributed by atoms with Crippen LogP contribution in [0.5, 0.6) is 0 Å². The van der Waals surface area contributed by atoms with E-state index in [2.05, 4.69) is 4.72 Å². The molecule has 0 aromatic heterocycles. The average molecular weight is 391 g/mol. The Hall–Kier alpha value is -2.05. The molecule has 2 aromatic carbocycles. The van der Waals surface area contributed by atoms with Gasteiger partial charge >= 0.3 is 0 Å². The number of benzene rings is 2. The van der Waals surface area contributed by atoms with Crippen molar-refractivity contribution in [3.05, 3.63) is 53.1 Å². The predicted molar refractivity (Wildman–Crippen MR) is 102 cm³/mol. The predicted octanol–water partition coefficient (Wildman–Crippen LogP) is 3.83. The lowest BCUT2D eigenvalue weighted by molar-refractivity contribution is -0.119. The Morgan fingerprint density at radius 2 is 1.92 bits per heavy atom. The molecule has 0 unspecified atom stereocenters. The maximum Gasteiger partial charge on any atom is 0.263 e. The minimum Gasteiger partial charge on any atom is -0.312 e. The highest BCUT2D eigenvalue weighted by molar-refractivity contribution is 7.92. The summed E-state index contributed by atoms with van der Waals surface area (Å²) >= 11 is 6.02. The van der Waals surface area contributed by atoms with Gasteiger partial charge in [0.05, 0.1) is 5.02 Å². The molecule has 1 saturated carbocycles. The second-order valence-electron chi connectivity index (χ2n) is 6.75. The van der Waals surface area contributed by atoms with E-state index in [1.165, 1.54) is 6.07 Å². The fraction of sp³-hybridized carbons (Fsp3) is 0.316. The van der Waals surface area contributed by atoms with Crippen LogP contribution in [0.3, 0.4) is 0 Å². The summed E-state index contributed by atoms with van der Waals surface area (Å²) in [7, 11) is -3.77. The van der Waals surface area contributed by atoms with Crippen molar-refractivity contribution in [2.45, 2.75) is 30.6 Å². The number of halogens is 1. The fourth-order valence-electron chi connectivity index (χ4n) is 3.31. The van der Waals surface area contributed by atoms with Gasteiger partial charge in [0.15, 0.2) is 0 Å². The van der Waals surface area contributed by atoms with Gasteiger partial charge in [-0.15, -0.1) is 0 Å². The molecule has 2 aliphatic rings. The van der Waals surface area contributed by atoms with Crippen molar-refractivity contribution in [2.24, 2.45) is 5.92 Å². The number of sulfonamides is 1. The molecular weight excluding hydrogens is 372 g/mol. The number of nitrogens with one attached hydrogen (secondary N) is 1. The van der Waals surface area contributed by atoms with E-state index in [-0.39, 0.29) is 21.7 Å². The maximum absolute atomic E-state index is 12.6. The van der Waals surface area contributed by atoms with Crippen LogP contribution in [-0.2, 0) is 21.2 Å². The van der Waals surface area contributed by atoms with Gasteiger partial charge in [0, 0.05) is 23.8 Å². The Balaban J connectivity index is 1.61. The molecule has 5 nitrogen and oxygen atoms in total. The fourth-order valence-corrected chi connectivity index (χ4v) is 4.88. The van der Waals surface area contributed by atoms with Crippen LogP contribution in [-0.4, -0.2) is 20.9 Å². The summed E-state index contributed by atoms with van der Waals surface area (Å²) in [6.07, 6.45) is 3.65. The summed E-state index contributed by atoms with van der Waals surface area (Å²) in [6.45, 7) is 0.729. The quantitative estimate of drug-likeness (QED) is 0.862. The van der Waals surface area contributed by atoms with E-state index < -0.39 is 10.0 Å². The van der Waals surface area contributed by atoms with Crippen LogP contribution in [0.4, 0.5) is 11.4 Å². The standard InChI is InChI=1S/C19H19ClN2O3S/c20-16-5-1-2-6-18(16)26(24,25)21-15-9-10-17-14(12-15)4-3-11-22(17)19(23)13-7-8-13/h1-2,5-6,9-10,12-13,21H,3-4,7-8,11H2. The summed E-state index contributed by atoms with van der Waals surface area (Å²) in [5.74, 6) is 0.356. The van der Waals surface area contributed by atoms with Crippen molar-refractivity contribution in [3.63, 3.8) is 0 Å². The van der Waals surface area contributed by atoms with Crippen molar-refractivity contribution in [3.8, 4) is 0 Å². The summed E-state index contributed by atoms with van der Waals surface area (Å²) in [4.78, 5) is 14.4. The summed E-state index contributed by atoms with van der Waals surface area (Å²) in [5, 5.41) is 0.180. The number of fused-ring (bicyclic) bond motifs is 1. The maximum atomic E-state index is 12.6. The van der Waals surface area contributed by atoms with E-state index in [9.17, 15) is 13.2 Å². The van der Waals surface area contributed by atoms with Gasteiger partial charge in [0.25, 0.3) is 10.0 Å². The number of aryl methyl sites for hydroxylation is 1. The zero-order chi connectivity index (χ0) is 18.3. The largest absolute Gasteiger partial charge is 0.312 e. The van der Waals surface area contributed by atoms with Crippen LogP contribution < -0.4 is 9.62 Å². The van der Waals surface area contributed by atoms with Gasteiger partial charge in [-0.2, -0.15) is 0 Å². The zero-order valence-electron chi connectivity index (χ0n) is 14.1. The molecule has 1 heterocycles. The first-order chi connectivity index (χ1) is 12.5. The second-order valence-corrected chi connectivity index (χ2v) is 8.81. The number of hydrogen-bond acceptors (Lipinski definition) is 3. The lowest BCUT2D eigenvalue weighted by atomic mass is 10.0. The number of nitrogens with zero attached hydrogens (tertiary/aromatic N) is 1. The first kappa shape index (κ1) is 17.4. The molecule has 0 spiro atoms. The SMILES string of the molecule is O=C(C1CC1)N1CCCc2cc(NS(=O)(=O)c3ccccc3Cl)ccc21. The van der Waals surface area contributed by atoms with Gasteiger partial charge in [0.2, 0.25) is 5.91 Å². The van der Waals surface area contributed by atoms with Gasteiger partial charge in [-0.25, -0.2) is 8.42 Å². The molecule has 1 aliphatic carbocycles. The molecule has 1 aliphatic heterocycles. The van der Waals surface area contributed by atoms with Crippen molar-refractivity contribution >= 4 is 38.9 Å². The minimum atomic E-state index is -3.77. The van der Waals surface area contributed by atoms with Crippen LogP contribution in [0.25, 0.3) is 0 Å². The van der Waals surface area contributed by atoms with Gasteiger partial charge < -0.3 is 4.90 Å². The van der Waals surface area contributed by atoms with E-state index in [1.807, 2.05) is 17.0 Å². The van der Waals surface area contributed by atoms with E-state index in [4.69, 9.17) is 11.6 Å². The van der Waals surface area contributed by atoms with Gasteiger partial charge in [-0.1, -0.05) is 23.7 Å². The number of carbonyl (C=O) groups excluding carboxylic acids is 1. The topological polar surface area (TPSA) is 66.5 Å². The molecule has 0 saturated heterocycles. The van der Waals surface area contributed by atoms with Gasteiger partial charge in [-0.3, -0.25) is 9.52 Å². The normalized spacial score (nSPS) is 16.9. The highest BCUT2D eigenvalue weighted by Crippen LogP contribution is 2.37. The lowest BCUT2D eigenvalue weighted by Crippen LogP contribution is -2.36. The van der Waals surface area contributed by atoms with Crippen molar-refractivity contribution in [2.75, 3.05) is 16.2 Å². The Labute approximate surface area is 158 Å². The number of carbonyl (C=O) groups is 1. The molecule has 2 aromatic rings. The van der Waals surface area contributed by atoms with Crippen LogP contribution in [0.15, 0.2) is 47.4 Å². The summed E-state index contributed by atoms with van der Waals surface area (Å²) in [6, 6.07) is 11.7. The third kappa shape index (κ3) is 3.31. The monoisotopic (exact) mass is 390 g/mol. The molecule has 1 N–H and O–H groups in total. The molecule has 0 atom stereocenters. The minimum absolute atomic E-state index is 0.0462. The van der Waals surface area contributed by atoms with Crippen LogP contribution in [0.2, 0.25) is 5.02 Å². The number of amides is 1. The molecule has 26 heavy (non-hydrogen) atoms. The molecule has 1 amide bonds. The van der Waals surface area contributed by atoms with Gasteiger partial charge in [0.1, 0.15) is 4.90 Å². The highest BCUT2D eigenvalue weighted by atomic mass is 35.5. The molecule has 4 rings (SSSR count). The molecule has 0 bridgehead atoms. The molecular formula is C19H19ClN2O3S. The average Bonchev–Trinajstić information content (AvgIpc) is 3.45. The molecule has 1 fully saturated rings. The van der Waals surface area contributed by atoms with Crippen LogP contribution in [0, 0.1) is 5.92 Å². The van der Waals surface area contributed by atoms with E-state index in [0.29, 0.717) is 5.69 Å². The third-order valence-electron chi connectivity index (χ3n) is 4.77. The summed E-state index contributed by atoms with van der Waals surface area (Å²) < 4.78 is 27.8. The Bertz CT molecular complexity index is 970. The van der Waals surface area contributed by atoms with Crippen molar-refractivity contribution in [1.29, 1.82) is 0 Å². The molecule has 136 valence electrons. The number of rotatable bonds is 4. The van der Waals surface area contributed by atoms with Crippen molar-refractivity contribution < 1.29 is 13.2 Å². The smallest absolute Gasteiger partial charge is 0.263 e. The van der Waals surface area contributed by atoms with Crippen LogP contribution in [0.1, 0.15) is 24.8 Å². The first-order valence-corrected chi connectivity index (χ1v) is 10.5. The highest BCUT2D eigenvalue weighted by Gasteiger charge is 2.35. The zero-order valence-corrected chi connectivity index (χ0v) is 15.7. The van der Waals surface area contributed by atoms with E-state index in [0.717, 1.165) is 43.5 Å². The van der Waals surface area contributed by atoms with Crippen LogP contribution >= 0.6 is 11.6 Å². The summed E-state index contributed by atoms with van der Waals surface area (Å²) in [5.41, 5.74) is 2.36. The number of anilines is 2.